The lowest BCUT2D eigenvalue weighted by molar-refractivity contribution is -0.383. The van der Waals surface area contributed by atoms with Crippen LogP contribution in [0.15, 0.2) is 17.9 Å². The zero-order valence-electron chi connectivity index (χ0n) is 10.6. The molecule has 0 saturated heterocycles. The number of rotatable bonds is 6. The molecule has 20 heavy (non-hydrogen) atoms. The number of anilines is 2. The Bertz CT molecular complexity index is 589. The average molecular weight is 295 g/mol. The summed E-state index contributed by atoms with van der Waals surface area (Å²) in [6.45, 7) is 2.44. The zero-order valence-corrected chi connectivity index (χ0v) is 11.4. The maximum absolute atomic E-state index is 11.1. The van der Waals surface area contributed by atoms with Crippen molar-refractivity contribution in [1.82, 2.24) is 15.0 Å². The van der Waals surface area contributed by atoms with Gasteiger partial charge in [-0.3, -0.25) is 10.1 Å². The van der Waals surface area contributed by atoms with Gasteiger partial charge in [0.1, 0.15) is 6.33 Å². The first-order valence-electron chi connectivity index (χ1n) is 5.72. The van der Waals surface area contributed by atoms with Crippen LogP contribution in [0.4, 0.5) is 17.3 Å². The molecule has 0 amide bonds. The summed E-state index contributed by atoms with van der Waals surface area (Å²) in [4.78, 5) is 22.3. The molecule has 0 fully saturated rings. The van der Waals surface area contributed by atoms with E-state index in [0.717, 1.165) is 5.01 Å². The van der Waals surface area contributed by atoms with Crippen LogP contribution in [0.3, 0.4) is 0 Å². The van der Waals surface area contributed by atoms with E-state index in [-0.39, 0.29) is 23.2 Å². The molecule has 0 bridgehead atoms. The number of nitrogens with zero attached hydrogens (tertiary/aromatic N) is 4. The predicted molar refractivity (Wildman–Crippen MR) is 75.5 cm³/mol. The number of nitrogens with two attached hydrogens (primary N) is 1. The van der Waals surface area contributed by atoms with Gasteiger partial charge in [-0.2, -0.15) is 0 Å². The molecular weight excluding hydrogens is 282 g/mol. The van der Waals surface area contributed by atoms with Gasteiger partial charge in [0, 0.05) is 24.0 Å². The second kappa shape index (κ2) is 6.21. The lowest BCUT2D eigenvalue weighted by atomic mass is 10.2. The molecule has 9 nitrogen and oxygen atoms in total. The summed E-state index contributed by atoms with van der Waals surface area (Å²) in [5.41, 5.74) is 1.91. The highest BCUT2D eigenvalue weighted by Gasteiger charge is 2.22. The fourth-order valence-corrected chi connectivity index (χ4v) is 2.30. The van der Waals surface area contributed by atoms with Gasteiger partial charge < -0.3 is 10.7 Å². The first-order valence-corrected chi connectivity index (χ1v) is 6.60. The molecule has 0 aliphatic carbocycles. The van der Waals surface area contributed by atoms with Gasteiger partial charge in [-0.25, -0.2) is 20.8 Å². The van der Waals surface area contributed by atoms with Crippen LogP contribution in [0, 0.1) is 10.1 Å². The molecule has 0 aliphatic rings. The Balaban J connectivity index is 2.15. The summed E-state index contributed by atoms with van der Waals surface area (Å²) < 4.78 is 0. The van der Waals surface area contributed by atoms with Gasteiger partial charge in [0.15, 0.2) is 0 Å². The van der Waals surface area contributed by atoms with E-state index >= 15 is 0 Å². The van der Waals surface area contributed by atoms with E-state index in [1.54, 1.807) is 6.20 Å². The molecule has 0 radical (unpaired) electrons. The predicted octanol–water partition coefficient (Wildman–Crippen LogP) is 1.34. The molecule has 10 heteroatoms. The quantitative estimate of drug-likeness (QED) is 0.413. The number of nitro groups is 1. The first kappa shape index (κ1) is 14.1. The molecule has 1 unspecified atom stereocenters. The summed E-state index contributed by atoms with van der Waals surface area (Å²) in [7, 11) is 0. The minimum absolute atomic E-state index is 0.0330. The van der Waals surface area contributed by atoms with Gasteiger partial charge in [0.2, 0.25) is 11.6 Å². The summed E-state index contributed by atoms with van der Waals surface area (Å²) in [6, 6.07) is 0. The normalized spacial score (nSPS) is 11.9. The van der Waals surface area contributed by atoms with Crippen molar-refractivity contribution in [3.8, 4) is 0 Å². The van der Waals surface area contributed by atoms with Crippen molar-refractivity contribution < 1.29 is 4.92 Å². The fraction of sp³-hybridized carbons (Fsp3) is 0.300. The number of hydrogen-bond donors (Lipinski definition) is 3. The Morgan fingerprint density at radius 2 is 2.20 bits per heavy atom. The Morgan fingerprint density at radius 1 is 1.45 bits per heavy atom. The largest absolute Gasteiger partial charge is 0.363 e. The lowest BCUT2D eigenvalue weighted by Gasteiger charge is -2.11. The minimum atomic E-state index is -0.578. The third kappa shape index (κ3) is 2.97. The molecule has 0 saturated carbocycles. The maximum atomic E-state index is 11.1. The van der Waals surface area contributed by atoms with Crippen LogP contribution in [-0.4, -0.2) is 26.4 Å². The smallest absolute Gasteiger partial charge is 0.354 e. The lowest BCUT2D eigenvalue weighted by Crippen LogP contribution is -2.16. The highest BCUT2D eigenvalue weighted by molar-refractivity contribution is 7.09. The molecule has 2 aromatic heterocycles. The van der Waals surface area contributed by atoms with E-state index in [1.807, 2.05) is 12.3 Å². The third-order valence-electron chi connectivity index (χ3n) is 2.59. The van der Waals surface area contributed by atoms with Crippen LogP contribution in [0.1, 0.15) is 17.8 Å². The number of hydrogen-bond acceptors (Lipinski definition) is 9. The Morgan fingerprint density at radius 3 is 2.80 bits per heavy atom. The summed E-state index contributed by atoms with van der Waals surface area (Å²) in [5, 5.41) is 16.8. The van der Waals surface area contributed by atoms with E-state index in [2.05, 4.69) is 25.7 Å². The standard InChI is InChI=1S/C10H13N7O2S/c1-6(10-12-2-3-20-10)4-13-8-7(17(18)19)9(16-11)15-5-14-8/h2-3,5-6H,4,11H2,1H3,(H2,13,14,15,16). The first-order chi connectivity index (χ1) is 9.63. The van der Waals surface area contributed by atoms with Crippen LogP contribution in [0.25, 0.3) is 0 Å². The highest BCUT2D eigenvalue weighted by Crippen LogP contribution is 2.28. The number of nitrogens with one attached hydrogen (secondary N) is 2. The summed E-state index contributed by atoms with van der Waals surface area (Å²) in [5.74, 6) is 5.41. The maximum Gasteiger partial charge on any atom is 0.354 e. The molecule has 2 rings (SSSR count). The van der Waals surface area contributed by atoms with Crippen molar-refractivity contribution in [2.75, 3.05) is 17.3 Å². The van der Waals surface area contributed by atoms with E-state index in [9.17, 15) is 10.1 Å². The van der Waals surface area contributed by atoms with Crippen molar-refractivity contribution >= 4 is 28.7 Å². The molecule has 4 N–H and O–H groups in total. The topological polar surface area (TPSA) is 132 Å². The molecule has 0 aromatic carbocycles. The van der Waals surface area contributed by atoms with Crippen LogP contribution in [0.2, 0.25) is 0 Å². The summed E-state index contributed by atoms with van der Waals surface area (Å²) in [6.07, 6.45) is 2.93. The van der Waals surface area contributed by atoms with Crippen molar-refractivity contribution in [3.05, 3.63) is 33.0 Å². The molecule has 0 spiro atoms. The van der Waals surface area contributed by atoms with Gasteiger partial charge in [0.25, 0.3) is 0 Å². The average Bonchev–Trinajstić information content (AvgIpc) is 2.98. The van der Waals surface area contributed by atoms with Crippen LogP contribution in [-0.2, 0) is 0 Å². The Hall–Kier alpha value is -2.33. The van der Waals surface area contributed by atoms with E-state index in [0.29, 0.717) is 6.54 Å². The molecule has 0 aliphatic heterocycles. The second-order valence-corrected chi connectivity index (χ2v) is 4.90. The van der Waals surface area contributed by atoms with Crippen molar-refractivity contribution in [2.45, 2.75) is 12.8 Å². The minimum Gasteiger partial charge on any atom is -0.363 e. The van der Waals surface area contributed by atoms with E-state index in [4.69, 9.17) is 5.84 Å². The third-order valence-corrected chi connectivity index (χ3v) is 3.60. The number of aromatic nitrogens is 3. The van der Waals surface area contributed by atoms with Gasteiger partial charge in [-0.15, -0.1) is 11.3 Å². The van der Waals surface area contributed by atoms with Crippen molar-refractivity contribution in [1.29, 1.82) is 0 Å². The molecule has 2 aromatic rings. The van der Waals surface area contributed by atoms with Crippen LogP contribution < -0.4 is 16.6 Å². The second-order valence-electron chi connectivity index (χ2n) is 3.97. The van der Waals surface area contributed by atoms with Gasteiger partial charge >= 0.3 is 5.69 Å². The van der Waals surface area contributed by atoms with Crippen LogP contribution in [0.5, 0.6) is 0 Å². The number of hydrazine groups is 1. The van der Waals surface area contributed by atoms with E-state index < -0.39 is 4.92 Å². The molecule has 106 valence electrons. The SMILES string of the molecule is CC(CNc1ncnc(NN)c1[N+](=O)[O-])c1nccs1. The Labute approximate surface area is 118 Å². The monoisotopic (exact) mass is 295 g/mol. The van der Waals surface area contributed by atoms with Crippen molar-refractivity contribution in [3.63, 3.8) is 0 Å². The zero-order chi connectivity index (χ0) is 14.5. The molecule has 1 atom stereocenters. The number of thiazole rings is 1. The van der Waals surface area contributed by atoms with E-state index in [1.165, 1.54) is 17.7 Å². The van der Waals surface area contributed by atoms with Gasteiger partial charge in [-0.1, -0.05) is 6.92 Å². The number of nitrogen functional groups attached to an aromatic ring is 1. The highest BCUT2D eigenvalue weighted by atomic mass is 32.1. The van der Waals surface area contributed by atoms with Gasteiger partial charge in [-0.05, 0) is 0 Å². The van der Waals surface area contributed by atoms with Gasteiger partial charge in [0.05, 0.1) is 9.93 Å². The Kier molecular flexibility index (Phi) is 4.38. The fourth-order valence-electron chi connectivity index (χ4n) is 1.60. The summed E-state index contributed by atoms with van der Waals surface area (Å²) >= 11 is 1.53. The molecular formula is C10H13N7O2S. The van der Waals surface area contributed by atoms with Crippen LogP contribution >= 0.6 is 11.3 Å². The molecule has 2 heterocycles. The van der Waals surface area contributed by atoms with Crippen molar-refractivity contribution in [2.24, 2.45) is 5.84 Å².